The van der Waals surface area contributed by atoms with Crippen LogP contribution in [0.4, 0.5) is 8.78 Å². The number of nitrogens with zero attached hydrogens (tertiary/aromatic N) is 3. The highest BCUT2D eigenvalue weighted by atomic mass is 32.1. The lowest BCUT2D eigenvalue weighted by molar-refractivity contribution is -0.130. The Morgan fingerprint density at radius 2 is 1.87 bits per heavy atom. The standard InChI is InChI=1S/C21H22F2N4O2S/c1-14-3-7-16(8-4-14)19-24-25-21(30)27(19)12-11-18(28)26(2)13-15-5-9-17(10-6-15)29-20(22)23/h3-10,20H,11-13H2,1-2H3,(H,25,30). The third-order valence-electron chi connectivity index (χ3n) is 4.61. The number of amides is 1. The Kier molecular flexibility index (Phi) is 6.94. The van der Waals surface area contributed by atoms with Crippen molar-refractivity contribution in [1.29, 1.82) is 0 Å². The van der Waals surface area contributed by atoms with E-state index < -0.39 is 6.61 Å². The van der Waals surface area contributed by atoms with E-state index in [-0.39, 0.29) is 18.1 Å². The monoisotopic (exact) mass is 432 g/mol. The number of benzene rings is 2. The second kappa shape index (κ2) is 9.62. The van der Waals surface area contributed by atoms with Crippen LogP contribution in [0, 0.1) is 11.7 Å². The summed E-state index contributed by atoms with van der Waals surface area (Å²) in [4.78, 5) is 14.2. The molecule has 0 aliphatic carbocycles. The molecule has 0 radical (unpaired) electrons. The maximum Gasteiger partial charge on any atom is 0.387 e. The summed E-state index contributed by atoms with van der Waals surface area (Å²) in [5.41, 5.74) is 2.87. The minimum absolute atomic E-state index is 0.0686. The van der Waals surface area contributed by atoms with E-state index in [9.17, 15) is 13.6 Å². The molecule has 0 aliphatic heterocycles. The molecule has 0 fully saturated rings. The molecule has 1 aromatic heterocycles. The van der Waals surface area contributed by atoms with E-state index in [1.165, 1.54) is 12.1 Å². The molecular weight excluding hydrogens is 410 g/mol. The van der Waals surface area contributed by atoms with Crippen LogP contribution in [0.5, 0.6) is 5.75 Å². The average Bonchev–Trinajstić information content (AvgIpc) is 3.08. The predicted molar refractivity (Wildman–Crippen MR) is 112 cm³/mol. The molecule has 1 amide bonds. The number of aromatic amines is 1. The zero-order valence-electron chi connectivity index (χ0n) is 16.6. The Labute approximate surface area is 178 Å². The van der Waals surface area contributed by atoms with Gasteiger partial charge in [0.2, 0.25) is 5.91 Å². The maximum atomic E-state index is 12.6. The quantitative estimate of drug-likeness (QED) is 0.530. The van der Waals surface area contributed by atoms with Gasteiger partial charge in [0.05, 0.1) is 0 Å². The van der Waals surface area contributed by atoms with Crippen molar-refractivity contribution in [3.8, 4) is 17.1 Å². The van der Waals surface area contributed by atoms with Gasteiger partial charge in [-0.3, -0.25) is 14.5 Å². The Morgan fingerprint density at radius 3 is 2.50 bits per heavy atom. The molecule has 0 spiro atoms. The van der Waals surface area contributed by atoms with Gasteiger partial charge in [-0.05, 0) is 36.8 Å². The van der Waals surface area contributed by atoms with Crippen LogP contribution in [0.15, 0.2) is 48.5 Å². The summed E-state index contributed by atoms with van der Waals surface area (Å²) >= 11 is 5.32. The van der Waals surface area contributed by atoms with E-state index in [1.807, 2.05) is 35.8 Å². The highest BCUT2D eigenvalue weighted by molar-refractivity contribution is 7.71. The van der Waals surface area contributed by atoms with E-state index in [2.05, 4.69) is 14.9 Å². The number of rotatable bonds is 8. The molecule has 6 nitrogen and oxygen atoms in total. The van der Waals surface area contributed by atoms with Gasteiger partial charge in [-0.25, -0.2) is 0 Å². The summed E-state index contributed by atoms with van der Waals surface area (Å²) in [6, 6.07) is 14.1. The van der Waals surface area contributed by atoms with Crippen molar-refractivity contribution in [2.75, 3.05) is 7.05 Å². The van der Waals surface area contributed by atoms with E-state index >= 15 is 0 Å². The van der Waals surface area contributed by atoms with Gasteiger partial charge in [0.25, 0.3) is 0 Å². The number of nitrogens with one attached hydrogen (secondary N) is 1. The van der Waals surface area contributed by atoms with Crippen molar-refractivity contribution in [3.63, 3.8) is 0 Å². The second-order valence-electron chi connectivity index (χ2n) is 6.89. The minimum Gasteiger partial charge on any atom is -0.435 e. The second-order valence-corrected chi connectivity index (χ2v) is 7.28. The number of halogens is 2. The number of carbonyl (C=O) groups excluding carboxylic acids is 1. The highest BCUT2D eigenvalue weighted by Gasteiger charge is 2.14. The highest BCUT2D eigenvalue weighted by Crippen LogP contribution is 2.19. The van der Waals surface area contributed by atoms with Gasteiger partial charge in [0.1, 0.15) is 5.75 Å². The number of carbonyl (C=O) groups is 1. The first-order valence-corrected chi connectivity index (χ1v) is 9.74. The molecule has 9 heteroatoms. The van der Waals surface area contributed by atoms with E-state index in [0.717, 1.165) is 16.7 Å². The van der Waals surface area contributed by atoms with E-state index in [4.69, 9.17) is 12.2 Å². The first-order valence-electron chi connectivity index (χ1n) is 9.33. The Hall–Kier alpha value is -3.07. The van der Waals surface area contributed by atoms with Crippen molar-refractivity contribution in [2.24, 2.45) is 0 Å². The minimum atomic E-state index is -2.86. The molecule has 0 bridgehead atoms. The van der Waals surface area contributed by atoms with Crippen molar-refractivity contribution in [2.45, 2.75) is 33.0 Å². The van der Waals surface area contributed by atoms with Crippen LogP contribution < -0.4 is 4.74 Å². The third kappa shape index (κ3) is 5.50. The van der Waals surface area contributed by atoms with Gasteiger partial charge in [0.15, 0.2) is 10.6 Å². The van der Waals surface area contributed by atoms with Crippen molar-refractivity contribution >= 4 is 18.1 Å². The van der Waals surface area contributed by atoms with Crippen LogP contribution in [0.1, 0.15) is 17.5 Å². The average molecular weight is 432 g/mol. The van der Waals surface area contributed by atoms with E-state index in [0.29, 0.717) is 23.7 Å². The molecule has 30 heavy (non-hydrogen) atoms. The Morgan fingerprint density at radius 1 is 1.20 bits per heavy atom. The first kappa shape index (κ1) is 21.6. The van der Waals surface area contributed by atoms with Crippen molar-refractivity contribution < 1.29 is 18.3 Å². The molecule has 0 unspecified atom stereocenters. The Bertz CT molecular complexity index is 1050. The molecule has 1 N–H and O–H groups in total. The van der Waals surface area contributed by atoms with Gasteiger partial charge in [-0.2, -0.15) is 13.9 Å². The van der Waals surface area contributed by atoms with Crippen LogP contribution in [-0.4, -0.2) is 39.2 Å². The molecule has 3 rings (SSSR count). The molecule has 0 saturated carbocycles. The van der Waals surface area contributed by atoms with Crippen LogP contribution in [0.25, 0.3) is 11.4 Å². The third-order valence-corrected chi connectivity index (χ3v) is 4.92. The summed E-state index contributed by atoms with van der Waals surface area (Å²) in [6.07, 6.45) is 0.246. The number of H-pyrrole nitrogens is 1. The molecule has 2 aromatic carbocycles. The van der Waals surface area contributed by atoms with Crippen molar-refractivity contribution in [3.05, 3.63) is 64.4 Å². The lowest BCUT2D eigenvalue weighted by Gasteiger charge is -2.18. The van der Waals surface area contributed by atoms with Gasteiger partial charge in [-0.15, -0.1) is 0 Å². The topological polar surface area (TPSA) is 63.2 Å². The zero-order valence-corrected chi connectivity index (χ0v) is 17.5. The maximum absolute atomic E-state index is 12.6. The van der Waals surface area contributed by atoms with Crippen LogP contribution in [0.3, 0.4) is 0 Å². The fraction of sp³-hybridized carbons (Fsp3) is 0.286. The van der Waals surface area contributed by atoms with Gasteiger partial charge in [0, 0.05) is 32.1 Å². The van der Waals surface area contributed by atoms with Crippen LogP contribution >= 0.6 is 12.2 Å². The number of hydrogen-bond donors (Lipinski definition) is 1. The number of aromatic nitrogens is 3. The van der Waals surface area contributed by atoms with Crippen molar-refractivity contribution in [1.82, 2.24) is 19.7 Å². The van der Waals surface area contributed by atoms with Gasteiger partial charge < -0.3 is 9.64 Å². The largest absolute Gasteiger partial charge is 0.435 e. The summed E-state index contributed by atoms with van der Waals surface area (Å²) in [5, 5.41) is 7.08. The SMILES string of the molecule is Cc1ccc(-c2n[nH]c(=S)n2CCC(=O)N(C)Cc2ccc(OC(F)F)cc2)cc1. The number of hydrogen-bond acceptors (Lipinski definition) is 4. The summed E-state index contributed by atoms with van der Waals surface area (Å²) in [7, 11) is 1.70. The summed E-state index contributed by atoms with van der Waals surface area (Å²) < 4.78 is 31.1. The van der Waals surface area contributed by atoms with Gasteiger partial charge in [-0.1, -0.05) is 42.0 Å². The molecule has 0 aliphatic rings. The zero-order chi connectivity index (χ0) is 21.7. The molecule has 0 saturated heterocycles. The number of ether oxygens (including phenoxy) is 1. The number of aryl methyl sites for hydroxylation is 1. The van der Waals surface area contributed by atoms with Crippen LogP contribution in [0.2, 0.25) is 0 Å². The molecular formula is C21H22F2N4O2S. The lowest BCUT2D eigenvalue weighted by Crippen LogP contribution is -2.27. The summed E-state index contributed by atoms with van der Waals surface area (Å²) in [6.45, 7) is -0.104. The smallest absolute Gasteiger partial charge is 0.387 e. The van der Waals surface area contributed by atoms with E-state index in [1.54, 1.807) is 24.1 Å². The fourth-order valence-corrected chi connectivity index (χ4v) is 3.21. The lowest BCUT2D eigenvalue weighted by atomic mass is 10.1. The van der Waals surface area contributed by atoms with Gasteiger partial charge >= 0.3 is 6.61 Å². The summed E-state index contributed by atoms with van der Waals surface area (Å²) in [5.74, 6) is 0.701. The Balaban J connectivity index is 1.61. The molecule has 0 atom stereocenters. The molecule has 1 heterocycles. The predicted octanol–water partition coefficient (Wildman–Crippen LogP) is 4.57. The molecule has 158 valence electrons. The van der Waals surface area contributed by atoms with Crippen LogP contribution in [-0.2, 0) is 17.9 Å². The fourth-order valence-electron chi connectivity index (χ4n) is 2.98. The normalized spacial score (nSPS) is 11.0. The number of alkyl halides is 2. The molecule has 3 aromatic rings. The first-order chi connectivity index (χ1) is 14.3.